The number of nitrogens with zero attached hydrogens (tertiary/aromatic N) is 2. The molecule has 0 radical (unpaired) electrons. The summed E-state index contributed by atoms with van der Waals surface area (Å²) in [6.07, 6.45) is 4.61. The fourth-order valence-electron chi connectivity index (χ4n) is 3.80. The lowest BCUT2D eigenvalue weighted by Gasteiger charge is -2.28. The summed E-state index contributed by atoms with van der Waals surface area (Å²) < 4.78 is 5.55. The van der Waals surface area contributed by atoms with Crippen molar-refractivity contribution in [2.75, 3.05) is 13.1 Å². The highest BCUT2D eigenvalue weighted by molar-refractivity contribution is 6.01. The van der Waals surface area contributed by atoms with Gasteiger partial charge in [-0.25, -0.2) is 0 Å². The van der Waals surface area contributed by atoms with E-state index in [4.69, 9.17) is 4.52 Å². The van der Waals surface area contributed by atoms with E-state index in [2.05, 4.69) is 5.16 Å². The van der Waals surface area contributed by atoms with Crippen molar-refractivity contribution in [3.05, 3.63) is 65.2 Å². The molecule has 1 aromatic heterocycles. The summed E-state index contributed by atoms with van der Waals surface area (Å²) in [5.74, 6) is 0.821. The molecule has 0 atom stereocenters. The minimum Gasteiger partial charge on any atom is -0.355 e. The third-order valence-electron chi connectivity index (χ3n) is 5.41. The minimum absolute atomic E-state index is 0.104. The Morgan fingerprint density at radius 3 is 2.38 bits per heavy atom. The highest BCUT2D eigenvalue weighted by atomic mass is 16.5. The number of piperidine rings is 1. The number of likely N-dealkylation sites (tertiary alicyclic amines) is 1. The van der Waals surface area contributed by atoms with E-state index in [1.165, 1.54) is 12.8 Å². The Morgan fingerprint density at radius 1 is 0.923 bits per heavy atom. The zero-order valence-electron chi connectivity index (χ0n) is 14.6. The Balaban J connectivity index is 1.44. The van der Waals surface area contributed by atoms with E-state index < -0.39 is 0 Å². The molecule has 0 unspecified atom stereocenters. The molecule has 1 saturated heterocycles. The van der Waals surface area contributed by atoms with Crippen molar-refractivity contribution in [1.82, 2.24) is 10.1 Å². The average Bonchev–Trinajstić information content (AvgIpc) is 3.47. The number of hydrogen-bond donors (Lipinski definition) is 0. The largest absolute Gasteiger partial charge is 0.355 e. The fourth-order valence-corrected chi connectivity index (χ4v) is 3.80. The van der Waals surface area contributed by atoms with Crippen LogP contribution in [0.3, 0.4) is 0 Å². The number of amides is 1. The second kappa shape index (κ2) is 6.13. The molecular formula is C22H20N2O2. The summed E-state index contributed by atoms with van der Waals surface area (Å²) >= 11 is 0. The van der Waals surface area contributed by atoms with Gasteiger partial charge in [-0.3, -0.25) is 4.79 Å². The standard InChI is InChI=1S/C22H20N2O2/c25-22(24-12-10-16(11-13-24)15-6-7-15)18-8-9-20-19(14-18)21(26-23-20)17-4-2-1-3-5-17/h1-5,8-9,14H,6-7,10-13H2. The van der Waals surface area contributed by atoms with E-state index in [-0.39, 0.29) is 5.91 Å². The molecule has 4 nitrogen and oxygen atoms in total. The van der Waals surface area contributed by atoms with Gasteiger partial charge in [0.05, 0.1) is 5.39 Å². The Labute approximate surface area is 152 Å². The first-order chi connectivity index (χ1) is 12.8. The topological polar surface area (TPSA) is 46.3 Å². The lowest BCUT2D eigenvalue weighted by atomic mass is 10.0. The van der Waals surface area contributed by atoms with Gasteiger partial charge in [-0.1, -0.05) is 46.6 Å². The van der Waals surface area contributed by atoms with Crippen LogP contribution in [0, 0.1) is 0 Å². The van der Waals surface area contributed by atoms with Crippen LogP contribution >= 0.6 is 0 Å². The molecule has 130 valence electrons. The Kier molecular flexibility index (Phi) is 3.63. The van der Waals surface area contributed by atoms with E-state index in [0.717, 1.165) is 48.2 Å². The van der Waals surface area contributed by atoms with Crippen LogP contribution in [0.25, 0.3) is 22.2 Å². The maximum Gasteiger partial charge on any atom is 0.253 e. The Bertz CT molecular complexity index is 1000. The van der Waals surface area contributed by atoms with E-state index in [1.54, 1.807) is 11.1 Å². The molecule has 26 heavy (non-hydrogen) atoms. The SMILES string of the molecule is O=C(c1ccc2noc(-c3ccccc3)c2c1)N1CCC(=C2CC2)CC1. The molecule has 1 amide bonds. The first kappa shape index (κ1) is 15.4. The van der Waals surface area contributed by atoms with Gasteiger partial charge < -0.3 is 9.42 Å². The van der Waals surface area contributed by atoms with Gasteiger partial charge in [-0.2, -0.15) is 0 Å². The van der Waals surface area contributed by atoms with Crippen LogP contribution in [0.1, 0.15) is 36.0 Å². The minimum atomic E-state index is 0.104. The molecule has 0 bridgehead atoms. The van der Waals surface area contributed by atoms with Gasteiger partial charge in [0.2, 0.25) is 0 Å². The molecule has 2 aromatic carbocycles. The smallest absolute Gasteiger partial charge is 0.253 e. The molecule has 5 rings (SSSR count). The molecule has 2 fully saturated rings. The average molecular weight is 344 g/mol. The van der Waals surface area contributed by atoms with E-state index in [1.807, 2.05) is 53.4 Å². The molecule has 1 aliphatic heterocycles. The van der Waals surface area contributed by atoms with Crippen LogP contribution in [0.5, 0.6) is 0 Å². The molecule has 0 N–H and O–H groups in total. The number of carbonyl (C=O) groups excluding carboxylic acids is 1. The maximum absolute atomic E-state index is 13.0. The summed E-state index contributed by atoms with van der Waals surface area (Å²) in [6.45, 7) is 1.65. The highest BCUT2D eigenvalue weighted by Gasteiger charge is 2.25. The van der Waals surface area contributed by atoms with Gasteiger partial charge in [0.25, 0.3) is 5.91 Å². The third-order valence-corrected chi connectivity index (χ3v) is 5.41. The van der Waals surface area contributed by atoms with Gasteiger partial charge in [-0.15, -0.1) is 0 Å². The van der Waals surface area contributed by atoms with Crippen molar-refractivity contribution in [3.8, 4) is 11.3 Å². The van der Waals surface area contributed by atoms with Crippen LogP contribution in [0.15, 0.2) is 64.2 Å². The van der Waals surface area contributed by atoms with Gasteiger partial charge in [0.1, 0.15) is 5.52 Å². The monoisotopic (exact) mass is 344 g/mol. The van der Waals surface area contributed by atoms with Crippen molar-refractivity contribution < 1.29 is 9.32 Å². The summed E-state index contributed by atoms with van der Waals surface area (Å²) in [5.41, 5.74) is 5.68. The molecule has 1 saturated carbocycles. The first-order valence-corrected chi connectivity index (χ1v) is 9.23. The van der Waals surface area contributed by atoms with Crippen molar-refractivity contribution in [2.45, 2.75) is 25.7 Å². The van der Waals surface area contributed by atoms with Crippen LogP contribution in [-0.2, 0) is 0 Å². The summed E-state index contributed by atoms with van der Waals surface area (Å²) in [7, 11) is 0. The number of hydrogen-bond acceptors (Lipinski definition) is 3. The lowest BCUT2D eigenvalue weighted by molar-refractivity contribution is 0.0743. The van der Waals surface area contributed by atoms with Crippen LogP contribution in [-0.4, -0.2) is 29.1 Å². The number of benzene rings is 2. The number of aromatic nitrogens is 1. The number of fused-ring (bicyclic) bond motifs is 1. The van der Waals surface area contributed by atoms with Crippen LogP contribution < -0.4 is 0 Å². The van der Waals surface area contributed by atoms with Crippen molar-refractivity contribution >= 4 is 16.8 Å². The molecule has 3 aromatic rings. The maximum atomic E-state index is 13.0. The molecular weight excluding hydrogens is 324 g/mol. The second-order valence-corrected chi connectivity index (χ2v) is 7.11. The zero-order chi connectivity index (χ0) is 17.5. The Hall–Kier alpha value is -2.88. The fraction of sp³-hybridized carbons (Fsp3) is 0.273. The predicted molar refractivity (Wildman–Crippen MR) is 101 cm³/mol. The van der Waals surface area contributed by atoms with E-state index in [0.29, 0.717) is 5.56 Å². The van der Waals surface area contributed by atoms with Gasteiger partial charge in [0.15, 0.2) is 5.76 Å². The van der Waals surface area contributed by atoms with Gasteiger partial charge >= 0.3 is 0 Å². The normalized spacial score (nSPS) is 17.0. The van der Waals surface area contributed by atoms with Gasteiger partial charge in [-0.05, 0) is 43.9 Å². The molecule has 4 heteroatoms. The quantitative estimate of drug-likeness (QED) is 0.626. The third kappa shape index (κ3) is 2.71. The van der Waals surface area contributed by atoms with Crippen molar-refractivity contribution in [2.24, 2.45) is 0 Å². The highest BCUT2D eigenvalue weighted by Crippen LogP contribution is 2.36. The van der Waals surface area contributed by atoms with E-state index >= 15 is 0 Å². The Morgan fingerprint density at radius 2 is 1.65 bits per heavy atom. The molecule has 2 aliphatic rings. The predicted octanol–water partition coefficient (Wildman–Crippen LogP) is 4.82. The molecule has 0 spiro atoms. The second-order valence-electron chi connectivity index (χ2n) is 7.11. The summed E-state index contributed by atoms with van der Waals surface area (Å²) in [4.78, 5) is 14.9. The number of carbonyl (C=O) groups is 1. The summed E-state index contributed by atoms with van der Waals surface area (Å²) in [6, 6.07) is 15.6. The van der Waals surface area contributed by atoms with Gasteiger partial charge in [0, 0.05) is 24.2 Å². The summed E-state index contributed by atoms with van der Waals surface area (Å²) in [5, 5.41) is 5.03. The number of allylic oxidation sites excluding steroid dienone is 1. The number of rotatable bonds is 2. The molecule has 1 aliphatic carbocycles. The van der Waals surface area contributed by atoms with Crippen LogP contribution in [0.2, 0.25) is 0 Å². The first-order valence-electron chi connectivity index (χ1n) is 9.23. The van der Waals surface area contributed by atoms with Crippen LogP contribution in [0.4, 0.5) is 0 Å². The zero-order valence-corrected chi connectivity index (χ0v) is 14.6. The lowest BCUT2D eigenvalue weighted by Crippen LogP contribution is -2.36. The van der Waals surface area contributed by atoms with Crippen molar-refractivity contribution in [1.29, 1.82) is 0 Å². The van der Waals surface area contributed by atoms with E-state index in [9.17, 15) is 4.79 Å². The van der Waals surface area contributed by atoms with Crippen molar-refractivity contribution in [3.63, 3.8) is 0 Å². The molecule has 2 heterocycles.